The Kier molecular flexibility index (Phi) is 9.04. The minimum atomic E-state index is -4.55. The van der Waals surface area contributed by atoms with Gasteiger partial charge in [-0.1, -0.05) is 30.3 Å². The smallest absolute Gasteiger partial charge is 0.416 e. The third-order valence-electron chi connectivity index (χ3n) is 5.99. The van der Waals surface area contributed by atoms with Crippen LogP contribution in [0.15, 0.2) is 48.5 Å². The number of hydrogen-bond acceptors (Lipinski definition) is 5. The number of nitrogens with zero attached hydrogens (tertiary/aromatic N) is 2. The second-order valence-electron chi connectivity index (χ2n) is 8.68. The summed E-state index contributed by atoms with van der Waals surface area (Å²) in [7, 11) is 1.30. The minimum absolute atomic E-state index is 0. The molecule has 11 heteroatoms. The molecule has 0 spiro atoms. The van der Waals surface area contributed by atoms with Gasteiger partial charge >= 0.3 is 6.18 Å². The fraction of sp³-hybridized carbons (Fsp3) is 0.478. The Morgan fingerprint density at radius 1 is 1.18 bits per heavy atom. The van der Waals surface area contributed by atoms with E-state index in [0.29, 0.717) is 17.9 Å². The average Bonchev–Trinajstić information content (AvgIpc) is 2.74. The molecule has 0 aliphatic carbocycles. The van der Waals surface area contributed by atoms with Gasteiger partial charge in [-0.15, -0.1) is 12.4 Å². The van der Waals surface area contributed by atoms with Gasteiger partial charge in [-0.25, -0.2) is 12.7 Å². The maximum absolute atomic E-state index is 13.1. The lowest BCUT2D eigenvalue weighted by Gasteiger charge is -2.45. The Morgan fingerprint density at radius 2 is 1.85 bits per heavy atom. The zero-order valence-electron chi connectivity index (χ0n) is 19.2. The fourth-order valence-electron chi connectivity index (χ4n) is 4.30. The van der Waals surface area contributed by atoms with Crippen LogP contribution in [0.1, 0.15) is 23.1 Å². The van der Waals surface area contributed by atoms with Crippen molar-refractivity contribution in [1.29, 1.82) is 0 Å². The van der Waals surface area contributed by atoms with Crippen molar-refractivity contribution in [3.05, 3.63) is 65.2 Å². The van der Waals surface area contributed by atoms with E-state index in [4.69, 9.17) is 4.74 Å². The van der Waals surface area contributed by atoms with Crippen LogP contribution in [-0.4, -0.2) is 63.6 Å². The molecule has 2 aromatic carbocycles. The van der Waals surface area contributed by atoms with E-state index in [0.717, 1.165) is 12.1 Å². The lowest BCUT2D eigenvalue weighted by Crippen LogP contribution is -2.54. The van der Waals surface area contributed by atoms with Crippen molar-refractivity contribution in [3.8, 4) is 5.75 Å². The highest BCUT2D eigenvalue weighted by Gasteiger charge is 2.45. The van der Waals surface area contributed by atoms with Gasteiger partial charge in [0.05, 0.1) is 24.0 Å². The highest BCUT2D eigenvalue weighted by molar-refractivity contribution is 7.88. The molecular weight excluding hydrogens is 493 g/mol. The Bertz CT molecular complexity index is 1080. The third kappa shape index (κ3) is 6.42. The van der Waals surface area contributed by atoms with E-state index in [1.54, 1.807) is 24.3 Å². The number of sulfonamides is 1. The first-order valence-electron chi connectivity index (χ1n) is 10.5. The van der Waals surface area contributed by atoms with E-state index in [1.807, 2.05) is 19.0 Å². The molecule has 1 saturated heterocycles. The molecule has 0 saturated carbocycles. The molecule has 0 radical (unpaired) electrons. The molecule has 2 atom stereocenters. The second-order valence-corrected chi connectivity index (χ2v) is 10.6. The molecule has 1 heterocycles. The van der Waals surface area contributed by atoms with Crippen molar-refractivity contribution in [2.75, 3.05) is 40.8 Å². The van der Waals surface area contributed by atoms with E-state index in [-0.39, 0.29) is 37.5 Å². The van der Waals surface area contributed by atoms with E-state index < -0.39 is 39.0 Å². The minimum Gasteiger partial charge on any atom is -0.497 e. The number of methoxy groups -OCH3 is 1. The van der Waals surface area contributed by atoms with Crippen molar-refractivity contribution in [2.24, 2.45) is 5.92 Å². The molecule has 1 aliphatic rings. The molecule has 0 bridgehead atoms. The van der Waals surface area contributed by atoms with Gasteiger partial charge in [0.2, 0.25) is 10.0 Å². The van der Waals surface area contributed by atoms with Crippen LogP contribution in [0.25, 0.3) is 0 Å². The van der Waals surface area contributed by atoms with Gasteiger partial charge < -0.3 is 14.7 Å². The number of benzene rings is 2. The van der Waals surface area contributed by atoms with Crippen molar-refractivity contribution in [3.63, 3.8) is 0 Å². The van der Waals surface area contributed by atoms with Gasteiger partial charge in [0.1, 0.15) is 5.75 Å². The molecule has 2 aromatic rings. The SMILES string of the molecule is COc1cccc(C2(O)CCN(S(=O)(=O)Cc3cccc(C(F)(F)F)c3)CC2CN(C)C)c1.Cl. The first kappa shape index (κ1) is 28.4. The first-order chi connectivity index (χ1) is 15.3. The van der Waals surface area contributed by atoms with Gasteiger partial charge in [-0.05, 0) is 49.8 Å². The van der Waals surface area contributed by atoms with Crippen LogP contribution in [0.2, 0.25) is 0 Å². The Labute approximate surface area is 204 Å². The maximum Gasteiger partial charge on any atom is 0.416 e. The van der Waals surface area contributed by atoms with Crippen LogP contribution in [0, 0.1) is 5.92 Å². The summed E-state index contributed by atoms with van der Waals surface area (Å²) >= 11 is 0. The number of halogens is 4. The summed E-state index contributed by atoms with van der Waals surface area (Å²) in [5, 5.41) is 11.6. The van der Waals surface area contributed by atoms with Crippen LogP contribution in [0.3, 0.4) is 0 Å². The molecule has 2 unspecified atom stereocenters. The standard InChI is InChI=1S/C23H29F3N2O4S.ClH/c1-27(2)14-20-15-28(11-10-22(20,29)18-7-5-9-21(13-18)32-3)33(30,31)16-17-6-4-8-19(12-17)23(24,25)26;/h4-9,12-13,20,29H,10-11,14-16H2,1-3H3;1H. The third-order valence-corrected chi connectivity index (χ3v) is 7.81. The van der Waals surface area contributed by atoms with Gasteiger partial charge in [-0.3, -0.25) is 0 Å². The number of aliphatic hydroxyl groups is 1. The summed E-state index contributed by atoms with van der Waals surface area (Å²) < 4.78 is 71.9. The van der Waals surface area contributed by atoms with Gasteiger partial charge in [0.15, 0.2) is 0 Å². The van der Waals surface area contributed by atoms with Gasteiger partial charge in [0, 0.05) is 25.6 Å². The summed E-state index contributed by atoms with van der Waals surface area (Å²) in [5.74, 6) is -0.405. The normalized spacial score (nSPS) is 21.8. The summed E-state index contributed by atoms with van der Waals surface area (Å²) in [6, 6.07) is 11.4. The predicted octanol–water partition coefficient (Wildman–Crippen LogP) is 3.74. The predicted molar refractivity (Wildman–Crippen MR) is 126 cm³/mol. The molecule has 0 amide bonds. The van der Waals surface area contributed by atoms with Crippen molar-refractivity contribution in [1.82, 2.24) is 9.21 Å². The number of hydrogen-bond donors (Lipinski definition) is 1. The molecule has 6 nitrogen and oxygen atoms in total. The number of ether oxygens (including phenoxy) is 1. The number of rotatable bonds is 7. The Hall–Kier alpha value is -1.85. The van der Waals surface area contributed by atoms with E-state index in [2.05, 4.69) is 0 Å². The average molecular weight is 523 g/mol. The summed E-state index contributed by atoms with van der Waals surface area (Å²) in [6.07, 6.45) is -4.39. The lowest BCUT2D eigenvalue weighted by molar-refractivity contribution is -0.137. The zero-order chi connectivity index (χ0) is 24.4. The van der Waals surface area contributed by atoms with Crippen LogP contribution >= 0.6 is 12.4 Å². The summed E-state index contributed by atoms with van der Waals surface area (Å²) in [5.41, 5.74) is -1.45. The van der Waals surface area contributed by atoms with E-state index in [1.165, 1.54) is 23.5 Å². The number of piperidine rings is 1. The monoisotopic (exact) mass is 522 g/mol. The molecule has 1 aliphatic heterocycles. The van der Waals surface area contributed by atoms with Crippen molar-refractivity contribution >= 4 is 22.4 Å². The maximum atomic E-state index is 13.1. The zero-order valence-corrected chi connectivity index (χ0v) is 20.9. The largest absolute Gasteiger partial charge is 0.497 e. The van der Waals surface area contributed by atoms with Crippen LogP contribution in [-0.2, 0) is 27.6 Å². The van der Waals surface area contributed by atoms with Crippen LogP contribution in [0.4, 0.5) is 13.2 Å². The quantitative estimate of drug-likeness (QED) is 0.600. The highest BCUT2D eigenvalue weighted by Crippen LogP contribution is 2.40. The lowest BCUT2D eigenvalue weighted by atomic mass is 9.76. The van der Waals surface area contributed by atoms with Crippen molar-refractivity contribution < 1.29 is 31.4 Å². The van der Waals surface area contributed by atoms with Crippen LogP contribution in [0.5, 0.6) is 5.75 Å². The van der Waals surface area contributed by atoms with Crippen LogP contribution < -0.4 is 4.74 Å². The second kappa shape index (κ2) is 10.8. The molecule has 3 rings (SSSR count). The fourth-order valence-corrected chi connectivity index (χ4v) is 5.86. The number of alkyl halides is 3. The van der Waals surface area contributed by atoms with E-state index in [9.17, 15) is 26.7 Å². The van der Waals surface area contributed by atoms with Gasteiger partial charge in [-0.2, -0.15) is 13.2 Å². The Morgan fingerprint density at radius 3 is 2.47 bits per heavy atom. The molecular formula is C23H30ClF3N2O4S. The molecule has 1 fully saturated rings. The summed E-state index contributed by atoms with van der Waals surface area (Å²) in [4.78, 5) is 1.87. The summed E-state index contributed by atoms with van der Waals surface area (Å²) in [6.45, 7) is 0.523. The topological polar surface area (TPSA) is 70.1 Å². The first-order valence-corrected chi connectivity index (χ1v) is 12.1. The molecule has 34 heavy (non-hydrogen) atoms. The van der Waals surface area contributed by atoms with Gasteiger partial charge in [0.25, 0.3) is 0 Å². The molecule has 190 valence electrons. The van der Waals surface area contributed by atoms with E-state index >= 15 is 0 Å². The Balaban J connectivity index is 0.00000408. The molecule has 0 aromatic heterocycles. The molecule has 1 N–H and O–H groups in total. The van der Waals surface area contributed by atoms with Crippen molar-refractivity contribution in [2.45, 2.75) is 24.0 Å². The highest BCUT2D eigenvalue weighted by atomic mass is 35.5.